The lowest BCUT2D eigenvalue weighted by molar-refractivity contribution is 0.247. The van der Waals surface area contributed by atoms with Crippen molar-refractivity contribution >= 4 is 0 Å². The molecule has 0 radical (unpaired) electrons. The lowest BCUT2D eigenvalue weighted by Gasteiger charge is -2.02. The minimum Gasteiger partial charge on any atom is -0.484 e. The molecule has 2 aromatic rings. The van der Waals surface area contributed by atoms with Crippen LogP contribution in [0.3, 0.4) is 0 Å². The highest BCUT2D eigenvalue weighted by molar-refractivity contribution is 5.19. The fraction of sp³-hybridized carbons (Fsp3) is 0.333. The van der Waals surface area contributed by atoms with Crippen LogP contribution in [-0.4, -0.2) is 17.2 Å². The molecule has 1 N–H and O–H groups in total. The van der Waals surface area contributed by atoms with Gasteiger partial charge in [0.15, 0.2) is 5.76 Å². The summed E-state index contributed by atoms with van der Waals surface area (Å²) < 4.78 is 10.6. The van der Waals surface area contributed by atoms with Gasteiger partial charge in [-0.15, -0.1) is 0 Å². The minimum atomic E-state index is 0.363. The smallest absolute Gasteiger partial charge is 0.174 e. The molecule has 2 rings (SSSR count). The molecule has 0 aliphatic heterocycles. The van der Waals surface area contributed by atoms with Crippen molar-refractivity contribution in [3.05, 3.63) is 41.5 Å². The fourth-order valence-electron chi connectivity index (χ4n) is 1.38. The van der Waals surface area contributed by atoms with Gasteiger partial charge in [0.1, 0.15) is 12.4 Å². The molecule has 0 spiro atoms. The van der Waals surface area contributed by atoms with E-state index in [1.54, 1.807) is 6.20 Å². The van der Waals surface area contributed by atoms with Crippen LogP contribution in [0.4, 0.5) is 0 Å². The van der Waals surface area contributed by atoms with Gasteiger partial charge in [0, 0.05) is 18.3 Å². The third-order valence-electron chi connectivity index (χ3n) is 2.23. The summed E-state index contributed by atoms with van der Waals surface area (Å²) in [5.74, 6) is 1.43. The van der Waals surface area contributed by atoms with E-state index in [2.05, 4.69) is 15.5 Å². The average molecular weight is 233 g/mol. The van der Waals surface area contributed by atoms with Crippen molar-refractivity contribution in [3.63, 3.8) is 0 Å². The summed E-state index contributed by atoms with van der Waals surface area (Å²) in [5, 5.41) is 6.90. The SMILES string of the molecule is CNCc1cc(COc2ccc(C)nc2)on1. The second-order valence-corrected chi connectivity index (χ2v) is 3.74. The van der Waals surface area contributed by atoms with Crippen molar-refractivity contribution in [1.29, 1.82) is 0 Å². The van der Waals surface area contributed by atoms with Crippen LogP contribution < -0.4 is 10.1 Å². The zero-order chi connectivity index (χ0) is 12.1. The zero-order valence-electron chi connectivity index (χ0n) is 9.93. The Morgan fingerprint density at radius 1 is 1.41 bits per heavy atom. The third-order valence-corrected chi connectivity index (χ3v) is 2.23. The maximum absolute atomic E-state index is 5.52. The summed E-state index contributed by atoms with van der Waals surface area (Å²) in [4.78, 5) is 4.14. The molecule has 0 bridgehead atoms. The lowest BCUT2D eigenvalue weighted by atomic mass is 10.3. The van der Waals surface area contributed by atoms with E-state index in [1.807, 2.05) is 32.2 Å². The van der Waals surface area contributed by atoms with E-state index in [9.17, 15) is 0 Å². The highest BCUT2D eigenvalue weighted by Crippen LogP contribution is 2.12. The van der Waals surface area contributed by atoms with Gasteiger partial charge in [0.05, 0.1) is 11.9 Å². The van der Waals surface area contributed by atoms with E-state index in [0.29, 0.717) is 18.9 Å². The summed E-state index contributed by atoms with van der Waals surface area (Å²) in [5.41, 5.74) is 1.83. The summed E-state index contributed by atoms with van der Waals surface area (Å²) in [6.45, 7) is 2.99. The third kappa shape index (κ3) is 3.29. The first-order chi connectivity index (χ1) is 8.28. The van der Waals surface area contributed by atoms with Crippen molar-refractivity contribution in [3.8, 4) is 5.75 Å². The molecule has 0 unspecified atom stereocenters. The summed E-state index contributed by atoms with van der Waals surface area (Å²) >= 11 is 0. The average Bonchev–Trinajstić information content (AvgIpc) is 2.77. The highest BCUT2D eigenvalue weighted by Gasteiger charge is 2.04. The predicted octanol–water partition coefficient (Wildman–Crippen LogP) is 1.68. The van der Waals surface area contributed by atoms with Gasteiger partial charge in [-0.1, -0.05) is 5.16 Å². The van der Waals surface area contributed by atoms with E-state index in [1.165, 1.54) is 0 Å². The monoisotopic (exact) mass is 233 g/mol. The van der Waals surface area contributed by atoms with E-state index in [4.69, 9.17) is 9.26 Å². The Labute approximate surface area is 99.8 Å². The van der Waals surface area contributed by atoms with Gasteiger partial charge in [-0.25, -0.2) is 0 Å². The lowest BCUT2D eigenvalue weighted by Crippen LogP contribution is -2.04. The maximum Gasteiger partial charge on any atom is 0.174 e. The molecule has 5 heteroatoms. The number of hydrogen-bond acceptors (Lipinski definition) is 5. The zero-order valence-corrected chi connectivity index (χ0v) is 9.93. The number of aromatic nitrogens is 2. The van der Waals surface area contributed by atoms with E-state index in [0.717, 1.165) is 17.1 Å². The number of rotatable bonds is 5. The van der Waals surface area contributed by atoms with Gasteiger partial charge in [-0.2, -0.15) is 0 Å². The van der Waals surface area contributed by atoms with Crippen molar-refractivity contribution < 1.29 is 9.26 Å². The molecular weight excluding hydrogens is 218 g/mol. The molecule has 17 heavy (non-hydrogen) atoms. The second-order valence-electron chi connectivity index (χ2n) is 3.74. The number of pyridine rings is 1. The van der Waals surface area contributed by atoms with Crippen LogP contribution in [0.1, 0.15) is 17.1 Å². The normalized spacial score (nSPS) is 10.5. The summed E-state index contributed by atoms with van der Waals surface area (Å²) in [6, 6.07) is 5.66. The van der Waals surface area contributed by atoms with Crippen LogP contribution in [0.2, 0.25) is 0 Å². The molecular formula is C12H15N3O2. The minimum absolute atomic E-state index is 0.363. The Morgan fingerprint density at radius 3 is 3.00 bits per heavy atom. The van der Waals surface area contributed by atoms with Gasteiger partial charge < -0.3 is 14.6 Å². The number of hydrogen-bond donors (Lipinski definition) is 1. The topological polar surface area (TPSA) is 60.2 Å². The number of aryl methyl sites for hydroxylation is 1. The molecule has 0 atom stereocenters. The molecule has 0 fully saturated rings. The van der Waals surface area contributed by atoms with E-state index < -0.39 is 0 Å². The standard InChI is InChI=1S/C12H15N3O2/c1-9-3-4-11(7-14-9)16-8-12-5-10(6-13-2)15-17-12/h3-5,7,13H,6,8H2,1-2H3. The number of nitrogens with one attached hydrogen (secondary N) is 1. The van der Waals surface area contributed by atoms with Crippen LogP contribution in [0.5, 0.6) is 5.75 Å². The van der Waals surface area contributed by atoms with Crippen molar-refractivity contribution in [1.82, 2.24) is 15.5 Å². The molecule has 2 heterocycles. The number of nitrogens with zero attached hydrogens (tertiary/aromatic N) is 2. The van der Waals surface area contributed by atoms with Crippen molar-refractivity contribution in [2.45, 2.75) is 20.1 Å². The van der Waals surface area contributed by atoms with Gasteiger partial charge in [-0.3, -0.25) is 4.98 Å². The van der Waals surface area contributed by atoms with Gasteiger partial charge in [0.2, 0.25) is 0 Å². The second kappa shape index (κ2) is 5.45. The van der Waals surface area contributed by atoms with Crippen molar-refractivity contribution in [2.24, 2.45) is 0 Å². The van der Waals surface area contributed by atoms with Crippen LogP contribution in [0.15, 0.2) is 28.9 Å². The summed E-state index contributed by atoms with van der Waals surface area (Å²) in [6.07, 6.45) is 1.69. The molecule has 90 valence electrons. The molecule has 0 amide bonds. The maximum atomic E-state index is 5.52. The van der Waals surface area contributed by atoms with Crippen LogP contribution >= 0.6 is 0 Å². The fourth-order valence-corrected chi connectivity index (χ4v) is 1.38. The van der Waals surface area contributed by atoms with Crippen LogP contribution in [-0.2, 0) is 13.2 Å². The van der Waals surface area contributed by atoms with Crippen molar-refractivity contribution in [2.75, 3.05) is 7.05 Å². The van der Waals surface area contributed by atoms with Crippen LogP contribution in [0.25, 0.3) is 0 Å². The molecule has 0 saturated heterocycles. The molecule has 0 aromatic carbocycles. The van der Waals surface area contributed by atoms with E-state index >= 15 is 0 Å². The molecule has 0 aliphatic rings. The predicted molar refractivity (Wildman–Crippen MR) is 62.6 cm³/mol. The molecule has 0 saturated carbocycles. The Bertz CT molecular complexity index is 465. The first kappa shape index (κ1) is 11.6. The Hall–Kier alpha value is -1.88. The highest BCUT2D eigenvalue weighted by atomic mass is 16.5. The van der Waals surface area contributed by atoms with E-state index in [-0.39, 0.29) is 0 Å². The quantitative estimate of drug-likeness (QED) is 0.851. The van der Waals surface area contributed by atoms with Gasteiger partial charge >= 0.3 is 0 Å². The summed E-state index contributed by atoms with van der Waals surface area (Å²) in [7, 11) is 1.86. The Kier molecular flexibility index (Phi) is 3.72. The van der Waals surface area contributed by atoms with Gasteiger partial charge in [0.25, 0.3) is 0 Å². The van der Waals surface area contributed by atoms with Gasteiger partial charge in [-0.05, 0) is 26.1 Å². The Morgan fingerprint density at radius 2 is 2.29 bits per heavy atom. The Balaban J connectivity index is 1.90. The first-order valence-corrected chi connectivity index (χ1v) is 5.42. The van der Waals surface area contributed by atoms with Crippen LogP contribution in [0, 0.1) is 6.92 Å². The first-order valence-electron chi connectivity index (χ1n) is 5.42. The molecule has 2 aromatic heterocycles. The molecule has 5 nitrogen and oxygen atoms in total. The largest absolute Gasteiger partial charge is 0.484 e. The molecule has 0 aliphatic carbocycles. The number of ether oxygens (including phenoxy) is 1.